The van der Waals surface area contributed by atoms with Gasteiger partial charge in [0.05, 0.1) is 10.6 Å². The van der Waals surface area contributed by atoms with E-state index in [0.717, 1.165) is 5.56 Å². The lowest BCUT2D eigenvalue weighted by atomic mass is 10.0. The van der Waals surface area contributed by atoms with Gasteiger partial charge in [-0.05, 0) is 72.1 Å². The van der Waals surface area contributed by atoms with Crippen molar-refractivity contribution in [1.29, 1.82) is 0 Å². The van der Waals surface area contributed by atoms with E-state index >= 15 is 4.39 Å². The Labute approximate surface area is 238 Å². The largest absolute Gasteiger partial charge is 0.480 e. The van der Waals surface area contributed by atoms with Crippen molar-refractivity contribution in [3.05, 3.63) is 118 Å². The van der Waals surface area contributed by atoms with Crippen molar-refractivity contribution in [2.75, 3.05) is 0 Å². The van der Waals surface area contributed by atoms with Gasteiger partial charge in [-0.15, -0.1) is 0 Å². The van der Waals surface area contributed by atoms with Crippen molar-refractivity contribution in [1.82, 2.24) is 15.5 Å². The predicted octanol–water partition coefficient (Wildman–Crippen LogP) is 6.74. The van der Waals surface area contributed by atoms with Gasteiger partial charge in [0.25, 0.3) is 11.8 Å². The van der Waals surface area contributed by atoms with Crippen LogP contribution in [0.2, 0.25) is 5.02 Å². The molecule has 41 heavy (non-hydrogen) atoms. The molecule has 0 aliphatic rings. The molecule has 4 aromatic carbocycles. The molecule has 1 aromatic heterocycles. The highest BCUT2D eigenvalue weighted by atomic mass is 35.5. The molecule has 5 aromatic rings. The normalized spacial score (nSPS) is 11.7. The molecule has 1 heterocycles. The Hall–Kier alpha value is -4.89. The molecule has 0 aliphatic carbocycles. The van der Waals surface area contributed by atoms with Gasteiger partial charge in [0.1, 0.15) is 17.7 Å². The maximum Gasteiger partial charge on any atom is 0.326 e. The number of hydrogen-bond acceptors (Lipinski definition) is 5. The smallest absolute Gasteiger partial charge is 0.326 e. The molecule has 0 spiro atoms. The van der Waals surface area contributed by atoms with Gasteiger partial charge in [0.2, 0.25) is 5.82 Å². The molecule has 1 atom stereocenters. The van der Waals surface area contributed by atoms with Gasteiger partial charge in [-0.25, -0.2) is 13.6 Å². The Balaban J connectivity index is 1.30. The number of nitrogens with zero attached hydrogens (tertiary/aromatic N) is 2. The SMILES string of the molecule is Cc1ccc(-c2nc(-c3ccc(CC(NC(=O)c4cccc(-c5ccc(Cl)c(F)c5)c4)C(=O)O)cc3F)no2)cc1. The molecule has 10 heteroatoms. The van der Waals surface area contributed by atoms with Gasteiger partial charge in [0, 0.05) is 17.5 Å². The van der Waals surface area contributed by atoms with Crippen molar-refractivity contribution >= 4 is 23.5 Å². The second kappa shape index (κ2) is 11.7. The number of carboxylic acids is 1. The first-order valence-corrected chi connectivity index (χ1v) is 12.8. The summed E-state index contributed by atoms with van der Waals surface area (Å²) in [5.41, 5.74) is 3.40. The van der Waals surface area contributed by atoms with Gasteiger partial charge >= 0.3 is 5.97 Å². The molecule has 7 nitrogen and oxygen atoms in total. The summed E-state index contributed by atoms with van der Waals surface area (Å²) in [4.78, 5) is 29.2. The second-order valence-corrected chi connectivity index (χ2v) is 9.79. The number of nitrogens with one attached hydrogen (secondary N) is 1. The lowest BCUT2D eigenvalue weighted by Crippen LogP contribution is -2.42. The van der Waals surface area contributed by atoms with E-state index in [-0.39, 0.29) is 34.3 Å². The van der Waals surface area contributed by atoms with Crippen LogP contribution in [0.5, 0.6) is 0 Å². The standard InChI is InChI=1S/C31H22ClF2N3O4/c1-17-5-8-19(9-6-17)30-36-28(37-41-30)23-11-7-18(13-25(23)33)14-27(31(39)40)35-29(38)22-4-2-3-20(15-22)21-10-12-24(32)26(34)16-21/h2-13,15-16,27H,14H2,1H3,(H,35,38)(H,39,40). The Morgan fingerprint density at radius 2 is 1.66 bits per heavy atom. The zero-order valence-corrected chi connectivity index (χ0v) is 22.3. The van der Waals surface area contributed by atoms with Crippen LogP contribution in [0, 0.1) is 18.6 Å². The Kier molecular flexibility index (Phi) is 7.89. The van der Waals surface area contributed by atoms with Crippen molar-refractivity contribution in [3.63, 3.8) is 0 Å². The number of carbonyl (C=O) groups excluding carboxylic acids is 1. The molecule has 0 bridgehead atoms. The van der Waals surface area contributed by atoms with Crippen molar-refractivity contribution in [3.8, 4) is 34.0 Å². The molecule has 0 fully saturated rings. The third kappa shape index (κ3) is 6.31. The summed E-state index contributed by atoms with van der Waals surface area (Å²) in [6.45, 7) is 1.95. The number of aromatic nitrogens is 2. The lowest BCUT2D eigenvalue weighted by molar-refractivity contribution is -0.139. The van der Waals surface area contributed by atoms with E-state index in [1.807, 2.05) is 31.2 Å². The molecule has 5 rings (SSSR count). The molecule has 0 radical (unpaired) electrons. The molecule has 2 N–H and O–H groups in total. The number of halogens is 3. The van der Waals surface area contributed by atoms with Crippen molar-refractivity contribution in [2.24, 2.45) is 0 Å². The number of hydrogen-bond donors (Lipinski definition) is 2. The van der Waals surface area contributed by atoms with E-state index in [0.29, 0.717) is 22.3 Å². The number of carboxylic acid groups (broad SMARTS) is 1. The summed E-state index contributed by atoms with van der Waals surface area (Å²) in [6, 6.07) is 20.8. The zero-order valence-electron chi connectivity index (χ0n) is 21.6. The van der Waals surface area contributed by atoms with Crippen LogP contribution in [0.3, 0.4) is 0 Å². The molecule has 0 saturated heterocycles. The maximum absolute atomic E-state index is 15.0. The fourth-order valence-electron chi connectivity index (χ4n) is 4.21. The predicted molar refractivity (Wildman–Crippen MR) is 149 cm³/mol. The van der Waals surface area contributed by atoms with Gasteiger partial charge < -0.3 is 14.9 Å². The van der Waals surface area contributed by atoms with Crippen LogP contribution in [0.15, 0.2) is 89.5 Å². The Morgan fingerprint density at radius 3 is 2.37 bits per heavy atom. The zero-order chi connectivity index (χ0) is 29.1. The first-order chi connectivity index (χ1) is 19.7. The van der Waals surface area contributed by atoms with Crippen LogP contribution in [-0.2, 0) is 11.2 Å². The average molecular weight is 574 g/mol. The Bertz CT molecular complexity index is 1760. The quantitative estimate of drug-likeness (QED) is 0.213. The fourth-order valence-corrected chi connectivity index (χ4v) is 4.32. The lowest BCUT2D eigenvalue weighted by Gasteiger charge is -2.15. The van der Waals surface area contributed by atoms with E-state index in [2.05, 4.69) is 15.5 Å². The Morgan fingerprint density at radius 1 is 0.927 bits per heavy atom. The van der Waals surface area contributed by atoms with Crippen molar-refractivity contribution < 1.29 is 28.0 Å². The molecular weight excluding hydrogens is 552 g/mol. The van der Waals surface area contributed by atoms with Gasteiger partial charge in [-0.1, -0.05) is 58.7 Å². The summed E-state index contributed by atoms with van der Waals surface area (Å²) in [6.07, 6.45) is -0.179. The van der Waals surface area contributed by atoms with E-state index in [1.54, 1.807) is 18.2 Å². The fraction of sp³-hybridized carbons (Fsp3) is 0.0968. The van der Waals surface area contributed by atoms with E-state index in [9.17, 15) is 19.1 Å². The highest BCUT2D eigenvalue weighted by molar-refractivity contribution is 6.30. The van der Waals surface area contributed by atoms with Crippen LogP contribution in [0.1, 0.15) is 21.5 Å². The highest BCUT2D eigenvalue weighted by Crippen LogP contribution is 2.27. The van der Waals surface area contributed by atoms with E-state index in [1.165, 1.54) is 42.5 Å². The summed E-state index contributed by atoms with van der Waals surface area (Å²) in [7, 11) is 0. The first-order valence-electron chi connectivity index (χ1n) is 12.5. The molecule has 0 aliphatic heterocycles. The third-order valence-corrected chi connectivity index (χ3v) is 6.73. The van der Waals surface area contributed by atoms with Gasteiger partial charge in [-0.2, -0.15) is 4.98 Å². The minimum atomic E-state index is -1.34. The number of aliphatic carboxylic acids is 1. The summed E-state index contributed by atoms with van der Waals surface area (Å²) >= 11 is 5.75. The van der Waals surface area contributed by atoms with Crippen LogP contribution >= 0.6 is 11.6 Å². The second-order valence-electron chi connectivity index (χ2n) is 9.38. The molecule has 0 saturated carbocycles. The van der Waals surface area contributed by atoms with Crippen LogP contribution in [0.25, 0.3) is 34.0 Å². The minimum absolute atomic E-state index is 0.0271. The van der Waals surface area contributed by atoms with Gasteiger partial charge in [0.15, 0.2) is 0 Å². The van der Waals surface area contributed by atoms with Crippen LogP contribution in [0.4, 0.5) is 8.78 Å². The first kappa shape index (κ1) is 27.7. The molecular formula is C31H22ClF2N3O4. The summed E-state index contributed by atoms with van der Waals surface area (Å²) in [5.74, 6) is -2.93. The topological polar surface area (TPSA) is 105 Å². The monoisotopic (exact) mass is 573 g/mol. The molecule has 206 valence electrons. The number of rotatable bonds is 8. The van der Waals surface area contributed by atoms with E-state index in [4.69, 9.17) is 16.1 Å². The number of aryl methyl sites for hydroxylation is 1. The number of amides is 1. The number of carbonyl (C=O) groups is 2. The average Bonchev–Trinajstić information content (AvgIpc) is 3.44. The minimum Gasteiger partial charge on any atom is -0.480 e. The maximum atomic E-state index is 15.0. The number of benzene rings is 4. The van der Waals surface area contributed by atoms with Crippen LogP contribution < -0.4 is 5.32 Å². The van der Waals surface area contributed by atoms with Crippen molar-refractivity contribution in [2.45, 2.75) is 19.4 Å². The van der Waals surface area contributed by atoms with Crippen LogP contribution in [-0.4, -0.2) is 33.2 Å². The summed E-state index contributed by atoms with van der Waals surface area (Å²) in [5, 5.41) is 16.1. The molecule has 1 unspecified atom stereocenters. The molecule has 1 amide bonds. The summed E-state index contributed by atoms with van der Waals surface area (Å²) < 4.78 is 34.2. The van der Waals surface area contributed by atoms with E-state index < -0.39 is 29.6 Å². The third-order valence-electron chi connectivity index (χ3n) is 6.42. The van der Waals surface area contributed by atoms with Gasteiger partial charge in [-0.3, -0.25) is 4.79 Å². The highest BCUT2D eigenvalue weighted by Gasteiger charge is 2.23.